The monoisotopic (exact) mass is 153 g/mol. The molecule has 1 atom stereocenters. The summed E-state index contributed by atoms with van der Waals surface area (Å²) < 4.78 is 0. The summed E-state index contributed by atoms with van der Waals surface area (Å²) in [6, 6.07) is 0.253. The Balaban J connectivity index is 3.79. The zero-order chi connectivity index (χ0) is 8.69. The molecule has 0 spiro atoms. The molecule has 0 saturated carbocycles. The fraction of sp³-hybridized carbons (Fsp3) is 0.625. The van der Waals surface area contributed by atoms with Crippen LogP contribution in [0.1, 0.15) is 19.8 Å². The second-order valence-electron chi connectivity index (χ2n) is 2.27. The first-order valence-electron chi connectivity index (χ1n) is 3.66. The number of nitrogens with two attached hydrogens (primary N) is 1. The number of hydrogen-bond donors (Lipinski definition) is 2. The minimum absolute atomic E-state index is 0.253. The third-order valence-corrected chi connectivity index (χ3v) is 1.45. The molecule has 0 bridgehead atoms. The summed E-state index contributed by atoms with van der Waals surface area (Å²) >= 11 is 0. The number of nitrogens with one attached hydrogen (secondary N) is 1. The summed E-state index contributed by atoms with van der Waals surface area (Å²) in [4.78, 5) is 3.77. The van der Waals surface area contributed by atoms with Crippen molar-refractivity contribution in [1.82, 2.24) is 5.32 Å². The maximum Gasteiger partial charge on any atom is 0.188 e. The van der Waals surface area contributed by atoms with Crippen LogP contribution < -0.4 is 11.1 Å². The molecule has 3 heteroatoms. The van der Waals surface area contributed by atoms with Gasteiger partial charge < -0.3 is 11.1 Å². The Bertz CT molecular complexity index is 167. The van der Waals surface area contributed by atoms with Gasteiger partial charge in [-0.3, -0.25) is 4.99 Å². The van der Waals surface area contributed by atoms with Crippen molar-refractivity contribution in [3.8, 4) is 12.3 Å². The van der Waals surface area contributed by atoms with Crippen molar-refractivity contribution in [2.45, 2.75) is 25.8 Å². The molecule has 0 radical (unpaired) electrons. The van der Waals surface area contributed by atoms with Crippen molar-refractivity contribution in [1.29, 1.82) is 0 Å². The maximum atomic E-state index is 5.45. The number of guanidine groups is 1. The highest BCUT2D eigenvalue weighted by Gasteiger charge is 2.03. The van der Waals surface area contributed by atoms with Gasteiger partial charge in [0.05, 0.1) is 0 Å². The molecule has 0 fully saturated rings. The van der Waals surface area contributed by atoms with E-state index in [1.54, 1.807) is 7.05 Å². The molecule has 62 valence electrons. The molecule has 0 aliphatic heterocycles. The van der Waals surface area contributed by atoms with Crippen LogP contribution >= 0.6 is 0 Å². The van der Waals surface area contributed by atoms with Crippen molar-refractivity contribution in [3.63, 3.8) is 0 Å². The molecule has 1 unspecified atom stereocenters. The van der Waals surface area contributed by atoms with Gasteiger partial charge in [-0.15, -0.1) is 12.3 Å². The summed E-state index contributed by atoms with van der Waals surface area (Å²) in [6.07, 6.45) is 6.80. The summed E-state index contributed by atoms with van der Waals surface area (Å²) in [6.45, 7) is 2.05. The topological polar surface area (TPSA) is 50.4 Å². The van der Waals surface area contributed by atoms with E-state index in [2.05, 4.69) is 23.2 Å². The van der Waals surface area contributed by atoms with Gasteiger partial charge in [0.2, 0.25) is 0 Å². The molecular weight excluding hydrogens is 138 g/mol. The SMILES string of the molecule is C#CCC(CC)NC(N)=NC. The predicted molar refractivity (Wildman–Crippen MR) is 48.2 cm³/mol. The fourth-order valence-electron chi connectivity index (χ4n) is 0.713. The van der Waals surface area contributed by atoms with Crippen LogP contribution in [0.25, 0.3) is 0 Å². The van der Waals surface area contributed by atoms with Crippen molar-refractivity contribution < 1.29 is 0 Å². The highest BCUT2D eigenvalue weighted by molar-refractivity contribution is 5.77. The highest BCUT2D eigenvalue weighted by Crippen LogP contribution is 1.94. The van der Waals surface area contributed by atoms with Crippen LogP contribution in [0, 0.1) is 12.3 Å². The van der Waals surface area contributed by atoms with Gasteiger partial charge in [0.15, 0.2) is 5.96 Å². The first kappa shape index (κ1) is 9.83. The molecule has 0 aromatic rings. The summed E-state index contributed by atoms with van der Waals surface area (Å²) in [5.74, 6) is 3.03. The van der Waals surface area contributed by atoms with E-state index in [1.807, 2.05) is 0 Å². The lowest BCUT2D eigenvalue weighted by molar-refractivity contribution is 0.600. The largest absolute Gasteiger partial charge is 0.370 e. The van der Waals surface area contributed by atoms with E-state index in [1.165, 1.54) is 0 Å². The van der Waals surface area contributed by atoms with Gasteiger partial charge >= 0.3 is 0 Å². The molecule has 11 heavy (non-hydrogen) atoms. The molecule has 3 nitrogen and oxygen atoms in total. The van der Waals surface area contributed by atoms with Crippen LogP contribution in [0.15, 0.2) is 4.99 Å². The average Bonchev–Trinajstić information content (AvgIpc) is 2.03. The Labute approximate surface area is 68.1 Å². The second-order valence-corrected chi connectivity index (χ2v) is 2.27. The number of aliphatic imine (C=N–C) groups is 1. The van der Waals surface area contributed by atoms with Crippen LogP contribution in [0.3, 0.4) is 0 Å². The normalized spacial score (nSPS) is 13.7. The first-order chi connectivity index (χ1) is 5.24. The van der Waals surface area contributed by atoms with Crippen molar-refractivity contribution in [2.75, 3.05) is 7.05 Å². The van der Waals surface area contributed by atoms with Crippen LogP contribution in [0.5, 0.6) is 0 Å². The van der Waals surface area contributed by atoms with Crippen LogP contribution in [0.4, 0.5) is 0 Å². The standard InChI is InChI=1S/C8H15N3/c1-4-6-7(5-2)11-8(9)10-3/h1,7H,5-6H2,2-3H3,(H3,9,10,11). The van der Waals surface area contributed by atoms with Crippen LogP contribution in [-0.2, 0) is 0 Å². The molecule has 0 saturated heterocycles. The lowest BCUT2D eigenvalue weighted by Gasteiger charge is -2.13. The third kappa shape index (κ3) is 4.26. The van der Waals surface area contributed by atoms with Crippen molar-refractivity contribution in [3.05, 3.63) is 0 Å². The van der Waals surface area contributed by atoms with E-state index < -0.39 is 0 Å². The lowest BCUT2D eigenvalue weighted by atomic mass is 10.2. The lowest BCUT2D eigenvalue weighted by Crippen LogP contribution is -2.39. The minimum Gasteiger partial charge on any atom is -0.370 e. The summed E-state index contributed by atoms with van der Waals surface area (Å²) in [5, 5.41) is 3.00. The Morgan fingerprint density at radius 3 is 2.82 bits per heavy atom. The zero-order valence-corrected chi connectivity index (χ0v) is 7.09. The predicted octanol–water partition coefficient (Wildman–Crippen LogP) is 0.322. The number of hydrogen-bond acceptors (Lipinski definition) is 1. The van der Waals surface area contributed by atoms with E-state index >= 15 is 0 Å². The van der Waals surface area contributed by atoms with Gasteiger partial charge in [-0.2, -0.15) is 0 Å². The van der Waals surface area contributed by atoms with Gasteiger partial charge in [0, 0.05) is 19.5 Å². The number of rotatable bonds is 3. The van der Waals surface area contributed by atoms with Crippen LogP contribution in [-0.4, -0.2) is 19.0 Å². The molecule has 0 aliphatic carbocycles. The van der Waals surface area contributed by atoms with E-state index in [0.717, 1.165) is 6.42 Å². The van der Waals surface area contributed by atoms with E-state index in [9.17, 15) is 0 Å². The number of terminal acetylenes is 1. The van der Waals surface area contributed by atoms with Gasteiger partial charge in [-0.1, -0.05) is 6.92 Å². The Morgan fingerprint density at radius 2 is 2.45 bits per heavy atom. The van der Waals surface area contributed by atoms with Gasteiger partial charge in [-0.25, -0.2) is 0 Å². The van der Waals surface area contributed by atoms with Crippen molar-refractivity contribution >= 4 is 5.96 Å². The van der Waals surface area contributed by atoms with Gasteiger partial charge in [0.1, 0.15) is 0 Å². The summed E-state index contributed by atoms with van der Waals surface area (Å²) in [5.41, 5.74) is 5.45. The Kier molecular flexibility index (Phi) is 5.01. The Morgan fingerprint density at radius 1 is 1.82 bits per heavy atom. The average molecular weight is 153 g/mol. The second kappa shape index (κ2) is 5.60. The van der Waals surface area contributed by atoms with Gasteiger partial charge in [-0.05, 0) is 6.42 Å². The molecule has 0 aromatic carbocycles. The van der Waals surface area contributed by atoms with Crippen molar-refractivity contribution in [2.24, 2.45) is 10.7 Å². The maximum absolute atomic E-state index is 5.45. The molecule has 0 rings (SSSR count). The molecule has 0 heterocycles. The third-order valence-electron chi connectivity index (χ3n) is 1.45. The Hall–Kier alpha value is -1.17. The molecule has 0 aromatic heterocycles. The first-order valence-corrected chi connectivity index (χ1v) is 3.66. The van der Waals surface area contributed by atoms with E-state index in [-0.39, 0.29) is 6.04 Å². The smallest absolute Gasteiger partial charge is 0.188 e. The molecular formula is C8H15N3. The zero-order valence-electron chi connectivity index (χ0n) is 7.09. The van der Waals surface area contributed by atoms with Crippen LogP contribution in [0.2, 0.25) is 0 Å². The fourth-order valence-corrected chi connectivity index (χ4v) is 0.713. The van der Waals surface area contributed by atoms with E-state index in [4.69, 9.17) is 12.2 Å². The summed E-state index contributed by atoms with van der Waals surface area (Å²) in [7, 11) is 1.64. The highest BCUT2D eigenvalue weighted by atomic mass is 15.1. The minimum atomic E-state index is 0.253. The quantitative estimate of drug-likeness (QED) is 0.348. The molecule has 3 N–H and O–H groups in total. The van der Waals surface area contributed by atoms with E-state index in [0.29, 0.717) is 12.4 Å². The van der Waals surface area contributed by atoms with Gasteiger partial charge in [0.25, 0.3) is 0 Å². The molecule has 0 amide bonds. The number of nitrogens with zero attached hydrogens (tertiary/aromatic N) is 1. The molecule has 0 aliphatic rings.